The number of carbonyl (C=O) groups is 2. The van der Waals surface area contributed by atoms with Crippen LogP contribution in [0.2, 0.25) is 0 Å². The van der Waals surface area contributed by atoms with E-state index in [1.165, 1.54) is 11.3 Å². The van der Waals surface area contributed by atoms with E-state index in [9.17, 15) is 9.59 Å². The quantitative estimate of drug-likeness (QED) is 0.315. The number of hydrogen-bond acceptors (Lipinski definition) is 7. The van der Waals surface area contributed by atoms with Crippen molar-refractivity contribution >= 4 is 49.5 Å². The number of rotatable bonds is 6. The van der Waals surface area contributed by atoms with E-state index in [4.69, 9.17) is 14.5 Å². The van der Waals surface area contributed by atoms with Crippen molar-refractivity contribution in [2.75, 3.05) is 19.0 Å². The Hall–Kier alpha value is -4.30. The first-order chi connectivity index (χ1) is 17.0. The molecule has 35 heavy (non-hydrogen) atoms. The highest BCUT2D eigenvalue weighted by Gasteiger charge is 2.21. The van der Waals surface area contributed by atoms with Crippen molar-refractivity contribution in [2.24, 2.45) is 0 Å². The van der Waals surface area contributed by atoms with Crippen molar-refractivity contribution in [3.63, 3.8) is 0 Å². The zero-order valence-electron chi connectivity index (χ0n) is 19.1. The average Bonchev–Trinajstić information content (AvgIpc) is 3.28. The summed E-state index contributed by atoms with van der Waals surface area (Å²) in [6.45, 7) is 1.41. The number of nitrogens with one attached hydrogen (secondary N) is 1. The van der Waals surface area contributed by atoms with E-state index >= 15 is 0 Å². The van der Waals surface area contributed by atoms with Crippen molar-refractivity contribution in [2.45, 2.75) is 6.92 Å². The Morgan fingerprint density at radius 3 is 2.51 bits per heavy atom. The van der Waals surface area contributed by atoms with Gasteiger partial charge in [-0.3, -0.25) is 10.1 Å². The van der Waals surface area contributed by atoms with E-state index in [-0.39, 0.29) is 0 Å². The van der Waals surface area contributed by atoms with Gasteiger partial charge in [0, 0.05) is 10.9 Å². The number of aromatic nitrogens is 2. The minimum atomic E-state index is -0.581. The summed E-state index contributed by atoms with van der Waals surface area (Å²) in [6, 6.07) is 22.5. The van der Waals surface area contributed by atoms with Crippen LogP contribution < -0.4 is 10.1 Å². The average molecular weight is 484 g/mol. The second-order valence-electron chi connectivity index (χ2n) is 7.82. The Labute approximate surface area is 205 Å². The van der Waals surface area contributed by atoms with Gasteiger partial charge in [-0.15, -0.1) is 0 Å². The van der Waals surface area contributed by atoms with Crippen LogP contribution in [0, 0.1) is 6.92 Å². The number of amides is 1. The fourth-order valence-electron chi connectivity index (χ4n) is 3.89. The molecule has 0 saturated heterocycles. The zero-order valence-corrected chi connectivity index (χ0v) is 19.9. The standard InChI is InChI=1S/C27H21N3O4S/c1-16-24(19-10-6-7-11-20(19)28-25(16)17-8-4-3-5-9-17)26(32)34-15-23(31)30-27-29-21-13-12-18(33-2)14-22(21)35-27/h3-14H,15H2,1-2H3,(H,29,30,31). The van der Waals surface area contributed by atoms with Crippen LogP contribution in [0.4, 0.5) is 5.13 Å². The largest absolute Gasteiger partial charge is 0.497 e. The number of fused-ring (bicyclic) bond motifs is 2. The lowest BCUT2D eigenvalue weighted by Crippen LogP contribution is -2.21. The molecule has 5 aromatic rings. The van der Waals surface area contributed by atoms with Crippen molar-refractivity contribution in [1.82, 2.24) is 9.97 Å². The third kappa shape index (κ3) is 4.56. The van der Waals surface area contributed by atoms with E-state index in [1.807, 2.05) is 73.7 Å². The molecule has 0 atom stereocenters. The highest BCUT2D eigenvalue weighted by molar-refractivity contribution is 7.22. The minimum Gasteiger partial charge on any atom is -0.497 e. The Balaban J connectivity index is 1.37. The SMILES string of the molecule is COc1ccc2nc(NC(=O)COC(=O)c3c(C)c(-c4ccccc4)nc4ccccc34)sc2c1. The molecule has 1 N–H and O–H groups in total. The van der Waals surface area contributed by atoms with Gasteiger partial charge in [-0.2, -0.15) is 0 Å². The molecule has 3 aromatic carbocycles. The Morgan fingerprint density at radius 2 is 1.71 bits per heavy atom. The highest BCUT2D eigenvalue weighted by Crippen LogP contribution is 2.31. The lowest BCUT2D eigenvalue weighted by atomic mass is 9.98. The molecule has 2 aromatic heterocycles. The summed E-state index contributed by atoms with van der Waals surface area (Å²) in [5.41, 5.74) is 4.11. The van der Waals surface area contributed by atoms with Crippen LogP contribution in [0.1, 0.15) is 15.9 Å². The molecule has 0 radical (unpaired) electrons. The first kappa shape index (κ1) is 22.5. The summed E-state index contributed by atoms with van der Waals surface area (Å²) < 4.78 is 11.5. The van der Waals surface area contributed by atoms with Crippen LogP contribution in [-0.4, -0.2) is 35.6 Å². The second-order valence-corrected chi connectivity index (χ2v) is 8.85. The monoisotopic (exact) mass is 483 g/mol. The molecular formula is C27H21N3O4S. The number of pyridine rings is 1. The maximum Gasteiger partial charge on any atom is 0.339 e. The van der Waals surface area contributed by atoms with Crippen molar-refractivity contribution < 1.29 is 19.1 Å². The van der Waals surface area contributed by atoms with Crippen molar-refractivity contribution in [1.29, 1.82) is 0 Å². The fraction of sp³-hybridized carbons (Fsp3) is 0.111. The smallest absolute Gasteiger partial charge is 0.339 e. The predicted molar refractivity (Wildman–Crippen MR) is 137 cm³/mol. The summed E-state index contributed by atoms with van der Waals surface area (Å²) in [7, 11) is 1.59. The van der Waals surface area contributed by atoms with Crippen LogP contribution in [0.3, 0.4) is 0 Å². The predicted octanol–water partition coefficient (Wildman–Crippen LogP) is 5.62. The van der Waals surface area contributed by atoms with E-state index in [2.05, 4.69) is 10.3 Å². The first-order valence-electron chi connectivity index (χ1n) is 10.9. The van der Waals surface area contributed by atoms with Gasteiger partial charge in [0.1, 0.15) is 5.75 Å². The molecule has 0 fully saturated rings. The van der Waals surface area contributed by atoms with Gasteiger partial charge in [0.15, 0.2) is 11.7 Å². The van der Waals surface area contributed by atoms with Crippen molar-refractivity contribution in [3.05, 3.63) is 83.9 Å². The Bertz CT molecular complexity index is 1560. The topological polar surface area (TPSA) is 90.4 Å². The summed E-state index contributed by atoms with van der Waals surface area (Å²) in [6.07, 6.45) is 0. The molecule has 8 heteroatoms. The van der Waals surface area contributed by atoms with Gasteiger partial charge in [0.2, 0.25) is 0 Å². The normalized spacial score (nSPS) is 10.9. The molecule has 0 aliphatic carbocycles. The summed E-state index contributed by atoms with van der Waals surface area (Å²) in [4.78, 5) is 34.9. The Morgan fingerprint density at radius 1 is 0.943 bits per heavy atom. The molecule has 0 aliphatic heterocycles. The molecule has 174 valence electrons. The molecule has 1 amide bonds. The van der Waals surface area contributed by atoms with Crippen LogP contribution in [-0.2, 0) is 9.53 Å². The van der Waals surface area contributed by atoms with Gasteiger partial charge < -0.3 is 9.47 Å². The minimum absolute atomic E-state index is 0.398. The lowest BCUT2D eigenvalue weighted by Gasteiger charge is -2.14. The summed E-state index contributed by atoms with van der Waals surface area (Å²) in [5, 5.41) is 3.80. The molecule has 0 spiro atoms. The number of ether oxygens (including phenoxy) is 2. The number of nitrogens with zero attached hydrogens (tertiary/aromatic N) is 2. The molecule has 0 bridgehead atoms. The molecule has 0 saturated carbocycles. The number of benzene rings is 3. The maximum absolute atomic E-state index is 13.2. The first-order valence-corrected chi connectivity index (χ1v) is 11.7. The Kier molecular flexibility index (Phi) is 6.12. The van der Waals surface area contributed by atoms with E-state index in [1.54, 1.807) is 13.2 Å². The number of anilines is 1. The second kappa shape index (κ2) is 9.52. The third-order valence-corrected chi connectivity index (χ3v) is 6.50. The van der Waals surface area contributed by atoms with Crippen LogP contribution in [0.15, 0.2) is 72.8 Å². The van der Waals surface area contributed by atoms with Crippen LogP contribution in [0.5, 0.6) is 5.75 Å². The summed E-state index contributed by atoms with van der Waals surface area (Å²) in [5.74, 6) is -0.339. The number of thiazole rings is 1. The molecule has 0 unspecified atom stereocenters. The molecule has 7 nitrogen and oxygen atoms in total. The fourth-order valence-corrected chi connectivity index (χ4v) is 4.80. The third-order valence-electron chi connectivity index (χ3n) is 5.56. The van der Waals surface area contributed by atoms with E-state index in [0.717, 1.165) is 15.8 Å². The molecule has 0 aliphatic rings. The van der Waals surface area contributed by atoms with Crippen LogP contribution >= 0.6 is 11.3 Å². The lowest BCUT2D eigenvalue weighted by molar-refractivity contribution is -0.119. The number of esters is 1. The molecule has 2 heterocycles. The number of methoxy groups -OCH3 is 1. The van der Waals surface area contributed by atoms with Crippen molar-refractivity contribution in [3.8, 4) is 17.0 Å². The molecular weight excluding hydrogens is 462 g/mol. The van der Waals surface area contributed by atoms with Gasteiger partial charge in [-0.25, -0.2) is 14.8 Å². The number of para-hydroxylation sites is 1. The number of carbonyl (C=O) groups excluding carboxylic acids is 2. The maximum atomic E-state index is 13.2. The van der Waals surface area contributed by atoms with Gasteiger partial charge in [0.25, 0.3) is 5.91 Å². The van der Waals surface area contributed by atoms with Gasteiger partial charge in [-0.1, -0.05) is 59.9 Å². The van der Waals surface area contributed by atoms with Gasteiger partial charge in [0.05, 0.1) is 34.1 Å². The number of hydrogen-bond donors (Lipinski definition) is 1. The van der Waals surface area contributed by atoms with Gasteiger partial charge >= 0.3 is 5.97 Å². The zero-order chi connectivity index (χ0) is 24.4. The van der Waals surface area contributed by atoms with Crippen LogP contribution in [0.25, 0.3) is 32.4 Å². The van der Waals surface area contributed by atoms with E-state index in [0.29, 0.717) is 38.6 Å². The highest BCUT2D eigenvalue weighted by atomic mass is 32.1. The van der Waals surface area contributed by atoms with E-state index < -0.39 is 18.5 Å². The summed E-state index contributed by atoms with van der Waals surface area (Å²) >= 11 is 1.32. The van der Waals surface area contributed by atoms with Gasteiger partial charge in [-0.05, 0) is 36.8 Å². The molecule has 5 rings (SSSR count).